The summed E-state index contributed by atoms with van der Waals surface area (Å²) in [7, 11) is 0. The molecular weight excluding hydrogens is 244 g/mol. The number of aromatic nitrogens is 2. The summed E-state index contributed by atoms with van der Waals surface area (Å²) in [6.07, 6.45) is 2.57. The molecule has 1 N–H and O–H groups in total. The van der Waals surface area contributed by atoms with Crippen molar-refractivity contribution in [3.63, 3.8) is 0 Å². The predicted octanol–water partition coefficient (Wildman–Crippen LogP) is 3.75. The minimum atomic E-state index is 0.287. The molecule has 2 heterocycles. The van der Waals surface area contributed by atoms with Crippen molar-refractivity contribution in [3.8, 4) is 0 Å². The summed E-state index contributed by atoms with van der Waals surface area (Å²) in [5, 5.41) is 0. The number of aromatic amines is 1. The van der Waals surface area contributed by atoms with Gasteiger partial charge in [-0.1, -0.05) is 12.1 Å². The number of imidazole rings is 1. The van der Waals surface area contributed by atoms with Gasteiger partial charge in [-0.25, -0.2) is 0 Å². The fourth-order valence-corrected chi connectivity index (χ4v) is 3.26. The van der Waals surface area contributed by atoms with Crippen molar-refractivity contribution >= 4 is 23.3 Å². The van der Waals surface area contributed by atoms with Crippen molar-refractivity contribution in [1.82, 2.24) is 9.55 Å². The molecule has 0 spiro atoms. The number of fused-ring (bicyclic) bond motifs is 1. The number of para-hydroxylation sites is 1. The minimum absolute atomic E-state index is 0.287. The van der Waals surface area contributed by atoms with E-state index in [-0.39, 0.29) is 12.1 Å². The first kappa shape index (κ1) is 11.9. The standard InChI is InChI=1S/C14H18N2OS/c1-9-5-3-6-11-13(9)16(14(18)15-11)10(2)12-7-4-8-17-12/h3,5-6,10,12H,4,7-8H2,1-2H3,(H,15,18). The lowest BCUT2D eigenvalue weighted by atomic mass is 10.1. The maximum absolute atomic E-state index is 5.80. The molecule has 1 aromatic heterocycles. The third kappa shape index (κ3) is 1.80. The Kier molecular flexibility index (Phi) is 2.99. The molecule has 0 bridgehead atoms. The first-order valence-electron chi connectivity index (χ1n) is 6.50. The lowest BCUT2D eigenvalue weighted by Gasteiger charge is -2.21. The van der Waals surface area contributed by atoms with Crippen LogP contribution in [0.25, 0.3) is 11.0 Å². The van der Waals surface area contributed by atoms with Crippen LogP contribution in [-0.4, -0.2) is 22.3 Å². The van der Waals surface area contributed by atoms with Crippen LogP contribution in [-0.2, 0) is 4.74 Å². The van der Waals surface area contributed by atoms with Crippen LogP contribution in [0.3, 0.4) is 0 Å². The van der Waals surface area contributed by atoms with Crippen molar-refractivity contribution in [2.45, 2.75) is 38.8 Å². The fraction of sp³-hybridized carbons (Fsp3) is 0.500. The van der Waals surface area contributed by atoms with E-state index in [1.165, 1.54) is 11.1 Å². The smallest absolute Gasteiger partial charge is 0.178 e. The summed E-state index contributed by atoms with van der Waals surface area (Å²) in [5.74, 6) is 0. The van der Waals surface area contributed by atoms with Gasteiger partial charge in [0.1, 0.15) is 0 Å². The maximum Gasteiger partial charge on any atom is 0.178 e. The molecule has 1 saturated heterocycles. The number of nitrogens with one attached hydrogen (secondary N) is 1. The van der Waals surface area contributed by atoms with Crippen molar-refractivity contribution in [1.29, 1.82) is 0 Å². The summed E-state index contributed by atoms with van der Waals surface area (Å²) in [5.41, 5.74) is 3.58. The maximum atomic E-state index is 5.80. The first-order chi connectivity index (χ1) is 8.68. The van der Waals surface area contributed by atoms with Crippen LogP contribution in [0.2, 0.25) is 0 Å². The second kappa shape index (κ2) is 4.52. The number of rotatable bonds is 2. The molecule has 96 valence electrons. The second-order valence-electron chi connectivity index (χ2n) is 5.06. The molecule has 0 saturated carbocycles. The molecular formula is C14H18N2OS. The summed E-state index contributed by atoms with van der Waals surface area (Å²) < 4.78 is 8.81. The molecule has 1 fully saturated rings. The molecule has 0 amide bonds. The number of hydrogen-bond acceptors (Lipinski definition) is 2. The fourth-order valence-electron chi connectivity index (χ4n) is 2.89. The zero-order chi connectivity index (χ0) is 12.7. The largest absolute Gasteiger partial charge is 0.376 e. The molecule has 0 radical (unpaired) electrons. The molecule has 2 aromatic rings. The average molecular weight is 262 g/mol. The molecule has 1 aromatic carbocycles. The van der Waals surface area contributed by atoms with Gasteiger partial charge in [0, 0.05) is 6.61 Å². The van der Waals surface area contributed by atoms with Gasteiger partial charge >= 0.3 is 0 Å². The highest BCUT2D eigenvalue weighted by Crippen LogP contribution is 2.29. The third-order valence-electron chi connectivity index (χ3n) is 3.85. The van der Waals surface area contributed by atoms with Gasteiger partial charge in [-0.2, -0.15) is 0 Å². The zero-order valence-corrected chi connectivity index (χ0v) is 11.6. The lowest BCUT2D eigenvalue weighted by molar-refractivity contribution is 0.0741. The van der Waals surface area contributed by atoms with Crippen LogP contribution in [0.5, 0.6) is 0 Å². The van der Waals surface area contributed by atoms with Gasteiger partial charge in [0.05, 0.1) is 23.2 Å². The van der Waals surface area contributed by atoms with Crippen molar-refractivity contribution in [2.75, 3.05) is 6.61 Å². The van der Waals surface area contributed by atoms with E-state index in [9.17, 15) is 0 Å². The van der Waals surface area contributed by atoms with E-state index >= 15 is 0 Å². The Morgan fingerprint density at radius 1 is 1.50 bits per heavy atom. The Morgan fingerprint density at radius 2 is 2.33 bits per heavy atom. The normalized spacial score (nSPS) is 21.6. The molecule has 2 unspecified atom stereocenters. The Morgan fingerprint density at radius 3 is 3.06 bits per heavy atom. The number of aryl methyl sites for hydroxylation is 1. The van der Waals surface area contributed by atoms with Gasteiger partial charge in [-0.3, -0.25) is 0 Å². The zero-order valence-electron chi connectivity index (χ0n) is 10.8. The molecule has 1 aliphatic rings. The van der Waals surface area contributed by atoms with Gasteiger partial charge < -0.3 is 14.3 Å². The molecule has 3 nitrogen and oxygen atoms in total. The van der Waals surface area contributed by atoms with E-state index in [2.05, 4.69) is 41.6 Å². The number of hydrogen-bond donors (Lipinski definition) is 1. The molecule has 1 aliphatic heterocycles. The van der Waals surface area contributed by atoms with Crippen molar-refractivity contribution in [2.24, 2.45) is 0 Å². The molecule has 3 rings (SSSR count). The van der Waals surface area contributed by atoms with Gasteiger partial charge in [0.15, 0.2) is 4.77 Å². The van der Waals surface area contributed by atoms with Gasteiger partial charge in [-0.15, -0.1) is 0 Å². The summed E-state index contributed by atoms with van der Waals surface area (Å²) in [4.78, 5) is 3.29. The number of benzene rings is 1. The Hall–Kier alpha value is -1.13. The topological polar surface area (TPSA) is 29.9 Å². The van der Waals surface area contributed by atoms with Crippen LogP contribution >= 0.6 is 12.2 Å². The Labute approximate surface area is 112 Å². The summed E-state index contributed by atoms with van der Waals surface area (Å²) >= 11 is 5.48. The summed E-state index contributed by atoms with van der Waals surface area (Å²) in [6.45, 7) is 5.21. The lowest BCUT2D eigenvalue weighted by Crippen LogP contribution is -2.21. The predicted molar refractivity (Wildman–Crippen MR) is 75.5 cm³/mol. The highest BCUT2D eigenvalue weighted by molar-refractivity contribution is 7.71. The van der Waals surface area contributed by atoms with Crippen molar-refractivity contribution in [3.05, 3.63) is 28.5 Å². The SMILES string of the molecule is Cc1cccc2[nH]c(=S)n(C(C)C3CCCO3)c12. The average Bonchev–Trinajstić information content (AvgIpc) is 2.95. The highest BCUT2D eigenvalue weighted by atomic mass is 32.1. The monoisotopic (exact) mass is 262 g/mol. The van der Waals surface area contributed by atoms with E-state index in [4.69, 9.17) is 17.0 Å². The summed E-state index contributed by atoms with van der Waals surface area (Å²) in [6, 6.07) is 6.56. The van der Waals surface area contributed by atoms with Crippen LogP contribution in [0.1, 0.15) is 31.4 Å². The Balaban J connectivity index is 2.15. The van der Waals surface area contributed by atoms with Gasteiger partial charge in [0.2, 0.25) is 0 Å². The van der Waals surface area contributed by atoms with Gasteiger partial charge in [-0.05, 0) is 50.5 Å². The van der Waals surface area contributed by atoms with Crippen LogP contribution < -0.4 is 0 Å². The number of nitrogens with zero attached hydrogens (tertiary/aromatic N) is 1. The van der Waals surface area contributed by atoms with E-state index < -0.39 is 0 Å². The van der Waals surface area contributed by atoms with E-state index in [1.807, 2.05) is 0 Å². The molecule has 2 atom stereocenters. The van der Waals surface area contributed by atoms with E-state index in [1.54, 1.807) is 0 Å². The van der Waals surface area contributed by atoms with Crippen molar-refractivity contribution < 1.29 is 4.74 Å². The quantitative estimate of drug-likeness (QED) is 0.835. The van der Waals surface area contributed by atoms with Gasteiger partial charge in [0.25, 0.3) is 0 Å². The number of ether oxygens (including phenoxy) is 1. The van der Waals surface area contributed by atoms with E-state index in [0.29, 0.717) is 0 Å². The highest BCUT2D eigenvalue weighted by Gasteiger charge is 2.25. The first-order valence-corrected chi connectivity index (χ1v) is 6.91. The molecule has 0 aliphatic carbocycles. The third-order valence-corrected chi connectivity index (χ3v) is 4.15. The number of H-pyrrole nitrogens is 1. The second-order valence-corrected chi connectivity index (χ2v) is 5.45. The van der Waals surface area contributed by atoms with Crippen LogP contribution in [0, 0.1) is 11.7 Å². The van der Waals surface area contributed by atoms with Crippen LogP contribution in [0.15, 0.2) is 18.2 Å². The Bertz CT molecular complexity index is 622. The molecule has 4 heteroatoms. The molecule has 18 heavy (non-hydrogen) atoms. The van der Waals surface area contributed by atoms with E-state index in [0.717, 1.165) is 29.7 Å². The van der Waals surface area contributed by atoms with Crippen LogP contribution in [0.4, 0.5) is 0 Å². The minimum Gasteiger partial charge on any atom is -0.376 e.